The first-order valence-corrected chi connectivity index (χ1v) is 14.0. The average Bonchev–Trinajstić information content (AvgIpc) is 3.52. The maximum atomic E-state index is 14.0. The lowest BCUT2D eigenvalue weighted by Gasteiger charge is -2.32. The number of hydrogen-bond donors (Lipinski definition) is 2. The highest BCUT2D eigenvalue weighted by Gasteiger charge is 2.45. The van der Waals surface area contributed by atoms with E-state index < -0.39 is 34.3 Å². The third-order valence-corrected chi connectivity index (χ3v) is 8.17. The summed E-state index contributed by atoms with van der Waals surface area (Å²) in [5.74, 6) is -1.28. The summed E-state index contributed by atoms with van der Waals surface area (Å²) in [5, 5.41) is 23.2. The van der Waals surface area contributed by atoms with Crippen molar-refractivity contribution in [1.29, 1.82) is 0 Å². The van der Waals surface area contributed by atoms with Crippen LogP contribution in [0.25, 0.3) is 0 Å². The summed E-state index contributed by atoms with van der Waals surface area (Å²) in [5.41, 5.74) is 1.94. The Hall–Kier alpha value is -3.46. The predicted molar refractivity (Wildman–Crippen MR) is 152 cm³/mol. The number of nitrogens with zero attached hydrogens (tertiary/aromatic N) is 4. The average molecular weight is 551 g/mol. The smallest absolute Gasteiger partial charge is 0.290 e. The van der Waals surface area contributed by atoms with Gasteiger partial charge in [-0.25, -0.2) is 9.97 Å². The minimum Gasteiger partial charge on any atom is -0.507 e. The third-order valence-electron chi connectivity index (χ3n) is 7.10. The van der Waals surface area contributed by atoms with Crippen molar-refractivity contribution in [2.75, 3.05) is 6.54 Å². The molecule has 0 aliphatic carbocycles. The molecular weight excluding hydrogens is 512 g/mol. The molecule has 2 aromatic heterocycles. The summed E-state index contributed by atoms with van der Waals surface area (Å²) in [6.45, 7) is 16.6. The van der Waals surface area contributed by atoms with Crippen molar-refractivity contribution >= 4 is 23.0 Å². The number of benzene rings is 1. The van der Waals surface area contributed by atoms with Crippen LogP contribution in [-0.2, 0) is 22.2 Å². The zero-order chi connectivity index (χ0) is 28.9. The quantitative estimate of drug-likeness (QED) is 0.353. The number of aliphatic hydroxyl groups is 1. The van der Waals surface area contributed by atoms with Crippen LogP contribution < -0.4 is 0 Å². The summed E-state index contributed by atoms with van der Waals surface area (Å²) < 4.78 is 1.92. The number of aryl methyl sites for hydroxylation is 3. The Bertz CT molecular complexity index is 1400. The second kappa shape index (κ2) is 10.3. The number of aromatic hydroxyl groups is 1. The molecule has 3 heterocycles. The molecule has 4 rings (SSSR count). The fraction of sp³-hybridized carbons (Fsp3) is 0.467. The van der Waals surface area contributed by atoms with Crippen molar-refractivity contribution < 1.29 is 19.8 Å². The minimum atomic E-state index is -0.808. The number of aromatic nitrogens is 3. The van der Waals surface area contributed by atoms with Crippen LogP contribution in [0, 0.1) is 13.8 Å². The van der Waals surface area contributed by atoms with E-state index in [0.29, 0.717) is 35.6 Å². The van der Waals surface area contributed by atoms with E-state index in [1.54, 1.807) is 24.3 Å². The van der Waals surface area contributed by atoms with Crippen LogP contribution >= 0.6 is 11.3 Å². The minimum absolute atomic E-state index is 0.0554. The fourth-order valence-electron chi connectivity index (χ4n) is 5.13. The number of carbonyl (C=O) groups is 2. The Labute approximate surface area is 234 Å². The Morgan fingerprint density at radius 1 is 1.03 bits per heavy atom. The molecule has 0 radical (unpaired) electrons. The van der Waals surface area contributed by atoms with Gasteiger partial charge in [-0.3, -0.25) is 9.59 Å². The van der Waals surface area contributed by atoms with Gasteiger partial charge in [0.15, 0.2) is 5.76 Å². The lowest BCUT2D eigenvalue weighted by atomic mass is 9.77. The van der Waals surface area contributed by atoms with Crippen LogP contribution in [0.2, 0.25) is 0 Å². The molecule has 0 saturated carbocycles. The second-order valence-corrected chi connectivity index (χ2v) is 13.5. The fourth-order valence-corrected chi connectivity index (χ4v) is 6.00. The van der Waals surface area contributed by atoms with Gasteiger partial charge in [0, 0.05) is 25.5 Å². The lowest BCUT2D eigenvalue weighted by molar-refractivity contribution is -0.129. The predicted octanol–water partition coefficient (Wildman–Crippen LogP) is 5.93. The summed E-state index contributed by atoms with van der Waals surface area (Å²) >= 11 is 1.26. The highest BCUT2D eigenvalue weighted by molar-refractivity contribution is 7.14. The molecule has 0 fully saturated rings. The standard InChI is InChI=1S/C30H38N4O4S/c1-17-27(39-18(2)32-17)25(36)22-23(34(28(38)26(22)37)12-9-11-33-13-10-31-16-33)19-14-20(29(3,4)5)24(35)21(15-19)30(6,7)8/h10,13-16,23,35,37H,9,11-12H2,1-8H3. The summed E-state index contributed by atoms with van der Waals surface area (Å²) in [4.78, 5) is 38.0. The number of Topliss-reactive ketones (excluding diaryl/α,β-unsaturated/α-hetero) is 1. The molecule has 1 aliphatic heterocycles. The Morgan fingerprint density at radius 2 is 1.64 bits per heavy atom. The zero-order valence-electron chi connectivity index (χ0n) is 24.0. The van der Waals surface area contributed by atoms with Crippen LogP contribution in [0.5, 0.6) is 5.75 Å². The number of ketones is 1. The number of phenolic OH excluding ortho intramolecular Hbond substituents is 1. The Balaban J connectivity index is 1.88. The Morgan fingerprint density at radius 3 is 2.13 bits per heavy atom. The van der Waals surface area contributed by atoms with E-state index >= 15 is 0 Å². The molecule has 1 atom stereocenters. The lowest BCUT2D eigenvalue weighted by Crippen LogP contribution is -2.33. The number of rotatable bonds is 7. The van der Waals surface area contributed by atoms with Gasteiger partial charge >= 0.3 is 0 Å². The van der Waals surface area contributed by atoms with Crippen LogP contribution in [0.15, 0.2) is 42.2 Å². The van der Waals surface area contributed by atoms with E-state index in [1.165, 1.54) is 11.3 Å². The SMILES string of the molecule is Cc1nc(C)c(C(=O)C2=C(O)C(=O)N(CCCn3ccnc3)C2c2cc(C(C)(C)C)c(O)c(C(C)(C)C)c2)s1. The first-order valence-electron chi connectivity index (χ1n) is 13.2. The number of hydrogen-bond acceptors (Lipinski definition) is 7. The number of imidazole rings is 1. The first kappa shape index (κ1) is 28.5. The van der Waals surface area contributed by atoms with Gasteiger partial charge in [-0.2, -0.15) is 0 Å². The normalized spacial score (nSPS) is 16.5. The first-order chi connectivity index (χ1) is 18.1. The maximum absolute atomic E-state index is 14.0. The monoisotopic (exact) mass is 550 g/mol. The molecule has 208 valence electrons. The van der Waals surface area contributed by atoms with Gasteiger partial charge < -0.3 is 19.7 Å². The van der Waals surface area contributed by atoms with Crippen molar-refractivity contribution in [3.8, 4) is 5.75 Å². The molecule has 8 nitrogen and oxygen atoms in total. The number of amides is 1. The molecule has 1 aromatic carbocycles. The topological polar surface area (TPSA) is 109 Å². The van der Waals surface area contributed by atoms with E-state index in [1.807, 2.05) is 71.4 Å². The summed E-state index contributed by atoms with van der Waals surface area (Å²) in [7, 11) is 0. The molecule has 1 unspecified atom stereocenters. The number of aliphatic hydroxyl groups excluding tert-OH is 1. The summed E-state index contributed by atoms with van der Waals surface area (Å²) in [6, 6.07) is 2.95. The van der Waals surface area contributed by atoms with E-state index in [2.05, 4.69) is 9.97 Å². The molecule has 3 aromatic rings. The van der Waals surface area contributed by atoms with Crippen molar-refractivity contribution in [3.63, 3.8) is 0 Å². The van der Waals surface area contributed by atoms with Gasteiger partial charge in [-0.05, 0) is 59.9 Å². The number of phenols is 1. The molecule has 0 bridgehead atoms. The van der Waals surface area contributed by atoms with Gasteiger partial charge in [0.25, 0.3) is 5.91 Å². The molecule has 39 heavy (non-hydrogen) atoms. The Kier molecular flexibility index (Phi) is 7.51. The van der Waals surface area contributed by atoms with Crippen molar-refractivity contribution in [2.45, 2.75) is 85.2 Å². The highest BCUT2D eigenvalue weighted by atomic mass is 32.1. The summed E-state index contributed by atoms with van der Waals surface area (Å²) in [6.07, 6.45) is 5.87. The van der Waals surface area contributed by atoms with Crippen molar-refractivity contribution in [1.82, 2.24) is 19.4 Å². The van der Waals surface area contributed by atoms with Crippen molar-refractivity contribution in [3.05, 3.63) is 74.5 Å². The molecule has 9 heteroatoms. The van der Waals surface area contributed by atoms with E-state index in [9.17, 15) is 19.8 Å². The van der Waals surface area contributed by atoms with Gasteiger partial charge in [-0.15, -0.1) is 11.3 Å². The van der Waals surface area contributed by atoms with Gasteiger partial charge in [-0.1, -0.05) is 41.5 Å². The molecule has 1 aliphatic rings. The molecular formula is C30H38N4O4S. The highest BCUT2D eigenvalue weighted by Crippen LogP contribution is 2.46. The largest absolute Gasteiger partial charge is 0.507 e. The zero-order valence-corrected chi connectivity index (χ0v) is 24.8. The molecule has 0 saturated heterocycles. The van der Waals surface area contributed by atoms with Crippen LogP contribution in [0.1, 0.15) is 91.1 Å². The third kappa shape index (κ3) is 5.50. The van der Waals surface area contributed by atoms with Gasteiger partial charge in [0.05, 0.1) is 33.5 Å². The van der Waals surface area contributed by atoms with Gasteiger partial charge in [0.1, 0.15) is 5.75 Å². The molecule has 2 N–H and O–H groups in total. The van der Waals surface area contributed by atoms with Crippen LogP contribution in [-0.4, -0.2) is 47.9 Å². The molecule has 0 spiro atoms. The van der Waals surface area contributed by atoms with E-state index in [4.69, 9.17) is 0 Å². The second-order valence-electron chi connectivity index (χ2n) is 12.3. The maximum Gasteiger partial charge on any atom is 0.290 e. The van der Waals surface area contributed by atoms with Gasteiger partial charge in [0.2, 0.25) is 5.78 Å². The van der Waals surface area contributed by atoms with Crippen LogP contribution in [0.4, 0.5) is 0 Å². The van der Waals surface area contributed by atoms with E-state index in [0.717, 1.165) is 16.1 Å². The molecule has 1 amide bonds. The van der Waals surface area contributed by atoms with Crippen LogP contribution in [0.3, 0.4) is 0 Å². The number of carbonyl (C=O) groups excluding carboxylic acids is 2. The number of thiazole rings is 1. The van der Waals surface area contributed by atoms with E-state index in [-0.39, 0.29) is 11.3 Å². The van der Waals surface area contributed by atoms with Crippen molar-refractivity contribution in [2.24, 2.45) is 0 Å².